The van der Waals surface area contributed by atoms with E-state index in [0.29, 0.717) is 5.52 Å². The number of aromatic amines is 1. The van der Waals surface area contributed by atoms with Crippen LogP contribution >= 0.6 is 11.6 Å². The van der Waals surface area contributed by atoms with E-state index < -0.39 is 36.6 Å². The summed E-state index contributed by atoms with van der Waals surface area (Å²) in [6.45, 7) is 5.46. The fraction of sp³-hybridized carbons (Fsp3) is 0.348. The molecule has 0 radical (unpaired) electrons. The third-order valence-corrected chi connectivity index (χ3v) is 9.58. The minimum Gasteiger partial charge on any atom is -0.444 e. The van der Waals surface area contributed by atoms with E-state index in [4.69, 9.17) is 16.3 Å². The van der Waals surface area contributed by atoms with Crippen LogP contribution in [0, 0.1) is 0 Å². The predicted octanol–water partition coefficient (Wildman–Crippen LogP) is 3.90. The molecular formula is C23H26ClN3O6S2. The fourth-order valence-corrected chi connectivity index (χ4v) is 7.65. The van der Waals surface area contributed by atoms with Gasteiger partial charge >= 0.3 is 6.09 Å². The molecule has 35 heavy (non-hydrogen) atoms. The topological polar surface area (TPSA) is 117 Å². The molecule has 2 heterocycles. The molecule has 4 rings (SSSR count). The first-order valence-corrected chi connectivity index (χ1v) is 14.2. The van der Waals surface area contributed by atoms with Crippen LogP contribution in [0.3, 0.4) is 0 Å². The Morgan fingerprint density at radius 1 is 0.971 bits per heavy atom. The van der Waals surface area contributed by atoms with E-state index in [9.17, 15) is 21.6 Å². The van der Waals surface area contributed by atoms with Gasteiger partial charge < -0.3 is 14.6 Å². The van der Waals surface area contributed by atoms with Gasteiger partial charge in [0.1, 0.15) is 10.5 Å². The fourth-order valence-electron chi connectivity index (χ4n) is 3.85. The summed E-state index contributed by atoms with van der Waals surface area (Å²) in [6.07, 6.45) is -0.526. The molecule has 1 aliphatic heterocycles. The summed E-state index contributed by atoms with van der Waals surface area (Å²) >= 11 is 6.13. The predicted molar refractivity (Wildman–Crippen MR) is 132 cm³/mol. The number of piperazine rings is 1. The van der Waals surface area contributed by atoms with E-state index in [1.807, 2.05) is 0 Å². The van der Waals surface area contributed by atoms with E-state index >= 15 is 0 Å². The van der Waals surface area contributed by atoms with Gasteiger partial charge in [0.2, 0.25) is 9.84 Å². The zero-order valence-corrected chi connectivity index (χ0v) is 21.9. The summed E-state index contributed by atoms with van der Waals surface area (Å²) in [5, 5.41) is 0.0348. The molecule has 1 aliphatic rings. The summed E-state index contributed by atoms with van der Waals surface area (Å²) in [7, 11) is -8.48. The summed E-state index contributed by atoms with van der Waals surface area (Å²) in [5.74, 6) is 0. The van der Waals surface area contributed by atoms with E-state index in [0.717, 1.165) is 0 Å². The van der Waals surface area contributed by atoms with Gasteiger partial charge in [-0.05, 0) is 51.1 Å². The SMILES string of the molecule is CC(C)(C)OC(=O)N1CCN(S(=O)(=O)c2[nH]c3ccc(Cl)cc3c2S(=O)(=O)c2ccccc2)CC1. The number of ether oxygens (including phenoxy) is 1. The Hall–Kier alpha value is -2.60. The number of benzene rings is 2. The smallest absolute Gasteiger partial charge is 0.410 e. The van der Waals surface area contributed by atoms with Crippen LogP contribution < -0.4 is 0 Å². The zero-order valence-electron chi connectivity index (χ0n) is 19.5. The summed E-state index contributed by atoms with van der Waals surface area (Å²) in [5.41, 5.74) is -0.345. The molecule has 0 saturated carbocycles. The third kappa shape index (κ3) is 5.04. The molecule has 1 amide bonds. The van der Waals surface area contributed by atoms with Crippen molar-refractivity contribution in [3.05, 3.63) is 53.6 Å². The maximum Gasteiger partial charge on any atom is 0.410 e. The maximum absolute atomic E-state index is 13.7. The molecule has 3 aromatic rings. The lowest BCUT2D eigenvalue weighted by Gasteiger charge is -2.34. The molecular weight excluding hydrogens is 514 g/mol. The standard InChI is InChI=1S/C23H26ClN3O6S2/c1-23(2,3)33-22(28)26-11-13-27(14-12-26)35(31,32)21-20(18-15-16(24)9-10-19(18)25-21)34(29,30)17-7-5-4-6-8-17/h4-10,15,25H,11-14H2,1-3H3. The Kier molecular flexibility index (Phi) is 6.64. The number of sulfonamides is 1. The molecule has 2 aromatic carbocycles. The average Bonchev–Trinajstić information content (AvgIpc) is 3.19. The second-order valence-corrected chi connectivity index (χ2v) is 13.4. The van der Waals surface area contributed by atoms with Crippen molar-refractivity contribution in [3.8, 4) is 0 Å². The van der Waals surface area contributed by atoms with E-state index in [1.54, 1.807) is 51.1 Å². The Balaban J connectivity index is 1.74. The molecule has 9 nitrogen and oxygen atoms in total. The first-order chi connectivity index (χ1) is 16.3. The van der Waals surface area contributed by atoms with Gasteiger partial charge in [-0.25, -0.2) is 21.6 Å². The molecule has 12 heteroatoms. The number of fused-ring (bicyclic) bond motifs is 1. The number of halogens is 1. The van der Waals surface area contributed by atoms with Crippen molar-refractivity contribution in [2.45, 2.75) is 41.2 Å². The van der Waals surface area contributed by atoms with Crippen molar-refractivity contribution in [3.63, 3.8) is 0 Å². The first kappa shape index (κ1) is 25.5. The van der Waals surface area contributed by atoms with Crippen LogP contribution in [0.25, 0.3) is 10.9 Å². The largest absolute Gasteiger partial charge is 0.444 e. The van der Waals surface area contributed by atoms with Gasteiger partial charge in [-0.2, -0.15) is 4.31 Å². The Bertz CT molecular complexity index is 1470. The van der Waals surface area contributed by atoms with E-state index in [-0.39, 0.29) is 46.4 Å². The lowest BCUT2D eigenvalue weighted by molar-refractivity contribution is 0.0192. The number of nitrogens with zero attached hydrogens (tertiary/aromatic N) is 2. The van der Waals surface area contributed by atoms with E-state index in [1.165, 1.54) is 27.4 Å². The number of sulfone groups is 1. The van der Waals surface area contributed by atoms with Crippen molar-refractivity contribution in [2.75, 3.05) is 26.2 Å². The van der Waals surface area contributed by atoms with Gasteiger partial charge in [-0.15, -0.1) is 0 Å². The van der Waals surface area contributed by atoms with E-state index in [2.05, 4.69) is 4.98 Å². The van der Waals surface area contributed by atoms with Crippen molar-refractivity contribution in [1.82, 2.24) is 14.2 Å². The molecule has 0 aliphatic carbocycles. The second-order valence-electron chi connectivity index (χ2n) is 9.16. The van der Waals surface area contributed by atoms with Crippen LogP contribution in [-0.4, -0.2) is 68.9 Å². The normalized spacial score (nSPS) is 15.9. The van der Waals surface area contributed by atoms with Crippen LogP contribution in [0.1, 0.15) is 20.8 Å². The Morgan fingerprint density at radius 3 is 2.20 bits per heavy atom. The first-order valence-electron chi connectivity index (χ1n) is 10.9. The van der Waals surface area contributed by atoms with Crippen molar-refractivity contribution >= 4 is 48.5 Å². The van der Waals surface area contributed by atoms with Crippen LogP contribution in [0.2, 0.25) is 5.02 Å². The number of nitrogens with one attached hydrogen (secondary N) is 1. The Labute approximate surface area is 209 Å². The molecule has 1 fully saturated rings. The lowest BCUT2D eigenvalue weighted by atomic mass is 10.2. The van der Waals surface area contributed by atoms with Gasteiger partial charge in [-0.1, -0.05) is 29.8 Å². The Morgan fingerprint density at radius 2 is 1.60 bits per heavy atom. The number of rotatable bonds is 4. The van der Waals surface area contributed by atoms with Crippen LogP contribution in [-0.2, 0) is 24.6 Å². The highest BCUT2D eigenvalue weighted by Crippen LogP contribution is 2.37. The van der Waals surface area contributed by atoms with Crippen LogP contribution in [0.4, 0.5) is 4.79 Å². The average molecular weight is 540 g/mol. The molecule has 1 saturated heterocycles. The van der Waals surface area contributed by atoms with Crippen LogP contribution in [0.5, 0.6) is 0 Å². The summed E-state index contributed by atoms with van der Waals surface area (Å²) in [6, 6.07) is 12.2. The summed E-state index contributed by atoms with van der Waals surface area (Å²) in [4.78, 5) is 16.2. The quantitative estimate of drug-likeness (QED) is 0.537. The number of H-pyrrole nitrogens is 1. The zero-order chi connectivity index (χ0) is 25.6. The minimum absolute atomic E-state index is 0.0114. The number of aromatic nitrogens is 1. The van der Waals surface area contributed by atoms with Crippen molar-refractivity contribution in [1.29, 1.82) is 0 Å². The lowest BCUT2D eigenvalue weighted by Crippen LogP contribution is -2.51. The number of carbonyl (C=O) groups excluding carboxylic acids is 1. The van der Waals surface area contributed by atoms with Crippen LogP contribution in [0.15, 0.2) is 63.3 Å². The monoisotopic (exact) mass is 539 g/mol. The van der Waals surface area contributed by atoms with Gasteiger partial charge in [0, 0.05) is 42.1 Å². The summed E-state index contributed by atoms with van der Waals surface area (Å²) < 4.78 is 61.2. The second kappa shape index (κ2) is 9.12. The minimum atomic E-state index is -4.27. The third-order valence-electron chi connectivity index (χ3n) is 5.49. The number of carbonyl (C=O) groups is 1. The highest BCUT2D eigenvalue weighted by atomic mass is 35.5. The highest BCUT2D eigenvalue weighted by Gasteiger charge is 2.38. The van der Waals surface area contributed by atoms with Gasteiger partial charge in [-0.3, -0.25) is 0 Å². The molecule has 0 bridgehead atoms. The number of hydrogen-bond acceptors (Lipinski definition) is 6. The molecule has 1 aromatic heterocycles. The molecule has 0 unspecified atom stereocenters. The molecule has 1 N–H and O–H groups in total. The van der Waals surface area contributed by atoms with Crippen molar-refractivity contribution in [2.24, 2.45) is 0 Å². The molecule has 0 atom stereocenters. The maximum atomic E-state index is 13.7. The van der Waals surface area contributed by atoms with Gasteiger partial charge in [0.05, 0.1) is 4.90 Å². The van der Waals surface area contributed by atoms with Gasteiger partial charge in [0.15, 0.2) is 5.03 Å². The molecule has 0 spiro atoms. The molecule has 188 valence electrons. The highest BCUT2D eigenvalue weighted by molar-refractivity contribution is 7.93. The number of amides is 1. The number of hydrogen-bond donors (Lipinski definition) is 1. The van der Waals surface area contributed by atoms with Crippen molar-refractivity contribution < 1.29 is 26.4 Å². The van der Waals surface area contributed by atoms with Gasteiger partial charge in [0.25, 0.3) is 10.0 Å².